The van der Waals surface area contributed by atoms with E-state index in [9.17, 15) is 4.79 Å². The van der Waals surface area contributed by atoms with Gasteiger partial charge in [0.05, 0.1) is 12.1 Å². The minimum absolute atomic E-state index is 0.0414. The molecule has 0 aromatic heterocycles. The molecule has 0 radical (unpaired) electrons. The van der Waals surface area contributed by atoms with Crippen LogP contribution in [0, 0.1) is 19.8 Å². The van der Waals surface area contributed by atoms with Crippen LogP contribution in [0.3, 0.4) is 0 Å². The number of amidine groups is 1. The molecular formula is C22H33N3OS. The van der Waals surface area contributed by atoms with E-state index in [1.165, 1.54) is 30.4 Å². The maximum absolute atomic E-state index is 12.9. The SMILES string of the molecule is Cc1cc(C)cc(NC(=O)CN(C2=NC(C)(C)CS2)[C@H]2CCCC[C@H]2C)c1. The van der Waals surface area contributed by atoms with Crippen molar-refractivity contribution in [1.82, 2.24) is 4.90 Å². The van der Waals surface area contributed by atoms with Gasteiger partial charge in [0.25, 0.3) is 0 Å². The first-order chi connectivity index (χ1) is 12.7. The smallest absolute Gasteiger partial charge is 0.243 e. The van der Waals surface area contributed by atoms with Gasteiger partial charge in [0.15, 0.2) is 5.17 Å². The molecule has 2 atom stereocenters. The van der Waals surface area contributed by atoms with Gasteiger partial charge >= 0.3 is 0 Å². The fraction of sp³-hybridized carbons (Fsp3) is 0.636. The highest BCUT2D eigenvalue weighted by molar-refractivity contribution is 8.14. The second-order valence-corrected chi connectivity index (χ2v) is 9.82. The number of anilines is 1. The maximum Gasteiger partial charge on any atom is 0.243 e. The van der Waals surface area contributed by atoms with Crippen molar-refractivity contribution in [2.45, 2.75) is 71.9 Å². The van der Waals surface area contributed by atoms with Gasteiger partial charge in [-0.3, -0.25) is 9.79 Å². The zero-order valence-corrected chi connectivity index (χ0v) is 18.2. The number of aliphatic imine (C=N–C) groups is 1. The van der Waals surface area contributed by atoms with E-state index in [1.54, 1.807) is 11.8 Å². The lowest BCUT2D eigenvalue weighted by Crippen LogP contribution is -2.47. The van der Waals surface area contributed by atoms with Crippen molar-refractivity contribution < 1.29 is 4.79 Å². The number of carbonyl (C=O) groups is 1. The lowest BCUT2D eigenvalue weighted by atomic mass is 9.85. The second kappa shape index (κ2) is 8.26. The van der Waals surface area contributed by atoms with Gasteiger partial charge in [0.2, 0.25) is 5.91 Å². The Morgan fingerprint density at radius 1 is 1.22 bits per heavy atom. The summed E-state index contributed by atoms with van der Waals surface area (Å²) in [6.07, 6.45) is 4.93. The number of aryl methyl sites for hydroxylation is 2. The standard InChI is InChI=1S/C22H33N3OS/c1-15-10-16(2)12-18(11-15)23-20(26)13-25(19-9-7-6-8-17(19)3)21-24-22(4,5)14-27-21/h10-12,17,19H,6-9,13-14H2,1-5H3,(H,23,26)/t17-,19+/m1/s1. The Morgan fingerprint density at radius 2 is 1.89 bits per heavy atom. The number of thioether (sulfide) groups is 1. The highest BCUT2D eigenvalue weighted by atomic mass is 32.2. The molecule has 1 heterocycles. The van der Waals surface area contributed by atoms with Crippen LogP contribution in [0.2, 0.25) is 0 Å². The summed E-state index contributed by atoms with van der Waals surface area (Å²) in [5, 5.41) is 4.16. The van der Waals surface area contributed by atoms with Crippen LogP contribution in [-0.2, 0) is 4.79 Å². The Labute approximate surface area is 168 Å². The molecular weight excluding hydrogens is 354 g/mol. The van der Waals surface area contributed by atoms with E-state index in [0.29, 0.717) is 18.5 Å². The van der Waals surface area contributed by atoms with E-state index in [1.807, 2.05) is 12.1 Å². The van der Waals surface area contributed by atoms with E-state index in [2.05, 4.69) is 50.9 Å². The van der Waals surface area contributed by atoms with Gasteiger partial charge in [-0.1, -0.05) is 37.6 Å². The van der Waals surface area contributed by atoms with E-state index < -0.39 is 0 Å². The molecule has 3 rings (SSSR count). The number of rotatable bonds is 4. The summed E-state index contributed by atoms with van der Waals surface area (Å²) in [6.45, 7) is 11.2. The number of nitrogens with zero attached hydrogens (tertiary/aromatic N) is 2. The molecule has 1 aliphatic heterocycles. The molecule has 4 nitrogen and oxygen atoms in total. The largest absolute Gasteiger partial charge is 0.339 e. The molecule has 0 saturated heterocycles. The molecule has 1 aromatic carbocycles. The van der Waals surface area contributed by atoms with Crippen LogP contribution in [0.4, 0.5) is 5.69 Å². The molecule has 0 spiro atoms. The van der Waals surface area contributed by atoms with Crippen molar-refractivity contribution in [2.75, 3.05) is 17.6 Å². The molecule has 1 aliphatic carbocycles. The predicted octanol–water partition coefficient (Wildman–Crippen LogP) is 5.00. The van der Waals surface area contributed by atoms with Crippen LogP contribution >= 0.6 is 11.8 Å². The second-order valence-electron chi connectivity index (χ2n) is 8.88. The van der Waals surface area contributed by atoms with Gasteiger partial charge in [0.1, 0.15) is 0 Å². The summed E-state index contributed by atoms with van der Waals surface area (Å²) < 4.78 is 0. The van der Waals surface area contributed by atoms with E-state index in [0.717, 1.165) is 23.0 Å². The average Bonchev–Trinajstić information content (AvgIpc) is 2.92. The van der Waals surface area contributed by atoms with Gasteiger partial charge in [-0.15, -0.1) is 0 Å². The van der Waals surface area contributed by atoms with E-state index in [4.69, 9.17) is 4.99 Å². The third-order valence-corrected chi connectivity index (χ3v) is 6.92. The topological polar surface area (TPSA) is 44.7 Å². The Balaban J connectivity index is 1.77. The summed E-state index contributed by atoms with van der Waals surface area (Å²) >= 11 is 1.80. The molecule has 2 aliphatic rings. The van der Waals surface area contributed by atoms with E-state index >= 15 is 0 Å². The number of hydrogen-bond acceptors (Lipinski definition) is 4. The van der Waals surface area contributed by atoms with Crippen molar-refractivity contribution in [3.63, 3.8) is 0 Å². The third-order valence-electron chi connectivity index (χ3n) is 5.48. The summed E-state index contributed by atoms with van der Waals surface area (Å²) in [5.74, 6) is 1.63. The monoisotopic (exact) mass is 387 g/mol. The average molecular weight is 388 g/mol. The van der Waals surface area contributed by atoms with Gasteiger partial charge in [-0.05, 0) is 69.7 Å². The lowest BCUT2D eigenvalue weighted by molar-refractivity contribution is -0.117. The van der Waals surface area contributed by atoms with Crippen molar-refractivity contribution >= 4 is 28.5 Å². The lowest BCUT2D eigenvalue weighted by Gasteiger charge is -2.39. The Morgan fingerprint density at radius 3 is 2.48 bits per heavy atom. The molecule has 1 saturated carbocycles. The van der Waals surface area contributed by atoms with Gasteiger partial charge < -0.3 is 10.2 Å². The van der Waals surface area contributed by atoms with Gasteiger partial charge in [0, 0.05) is 17.5 Å². The van der Waals surface area contributed by atoms with Crippen LogP contribution in [0.5, 0.6) is 0 Å². The first-order valence-electron chi connectivity index (χ1n) is 10.1. The quantitative estimate of drug-likeness (QED) is 0.790. The summed E-state index contributed by atoms with van der Waals surface area (Å²) in [5.41, 5.74) is 3.18. The first-order valence-corrected chi connectivity index (χ1v) is 11.1. The third kappa shape index (κ3) is 5.28. The normalized spacial score (nSPS) is 24.4. The highest BCUT2D eigenvalue weighted by Crippen LogP contribution is 2.34. The Hall–Kier alpha value is -1.49. The summed E-state index contributed by atoms with van der Waals surface area (Å²) in [6, 6.07) is 6.59. The van der Waals surface area contributed by atoms with Crippen LogP contribution in [0.15, 0.2) is 23.2 Å². The number of hydrogen-bond donors (Lipinski definition) is 1. The molecule has 1 amide bonds. The number of nitrogens with one attached hydrogen (secondary N) is 1. The van der Waals surface area contributed by atoms with Crippen LogP contribution < -0.4 is 5.32 Å². The number of benzene rings is 1. The fourth-order valence-electron chi connectivity index (χ4n) is 4.20. The van der Waals surface area contributed by atoms with Crippen LogP contribution in [0.1, 0.15) is 57.6 Å². The molecule has 0 bridgehead atoms. The highest BCUT2D eigenvalue weighted by Gasteiger charge is 2.35. The molecule has 1 aromatic rings. The fourth-order valence-corrected chi connectivity index (χ4v) is 5.42. The molecule has 1 fully saturated rings. The Bertz CT molecular complexity index is 708. The minimum atomic E-state index is -0.0414. The van der Waals surface area contributed by atoms with Crippen LogP contribution in [-0.4, -0.2) is 39.9 Å². The molecule has 148 valence electrons. The first kappa shape index (κ1) is 20.2. The minimum Gasteiger partial charge on any atom is -0.339 e. The van der Waals surface area contributed by atoms with E-state index in [-0.39, 0.29) is 11.4 Å². The Kier molecular flexibility index (Phi) is 6.19. The van der Waals surface area contributed by atoms with Crippen molar-refractivity contribution in [2.24, 2.45) is 10.9 Å². The molecule has 27 heavy (non-hydrogen) atoms. The van der Waals surface area contributed by atoms with Crippen molar-refractivity contribution in [3.05, 3.63) is 29.3 Å². The van der Waals surface area contributed by atoms with Gasteiger partial charge in [-0.25, -0.2) is 0 Å². The number of carbonyl (C=O) groups excluding carboxylic acids is 1. The summed E-state index contributed by atoms with van der Waals surface area (Å²) in [4.78, 5) is 20.1. The van der Waals surface area contributed by atoms with Gasteiger partial charge in [-0.2, -0.15) is 0 Å². The molecule has 1 N–H and O–H groups in total. The maximum atomic E-state index is 12.9. The molecule has 0 unspecified atom stereocenters. The number of amides is 1. The zero-order chi connectivity index (χ0) is 19.6. The summed E-state index contributed by atoms with van der Waals surface area (Å²) in [7, 11) is 0. The molecule has 5 heteroatoms. The van der Waals surface area contributed by atoms with Crippen LogP contribution in [0.25, 0.3) is 0 Å². The predicted molar refractivity (Wildman–Crippen MR) is 117 cm³/mol. The van der Waals surface area contributed by atoms with Crippen molar-refractivity contribution in [1.29, 1.82) is 0 Å². The zero-order valence-electron chi connectivity index (χ0n) is 17.3. The van der Waals surface area contributed by atoms with Crippen molar-refractivity contribution in [3.8, 4) is 0 Å².